The Morgan fingerprint density at radius 1 is 0.829 bits per heavy atom. The summed E-state index contributed by atoms with van der Waals surface area (Å²) in [5.41, 5.74) is -3.45. The third-order valence-corrected chi connectivity index (χ3v) is 9.30. The number of aliphatic hydroxyl groups is 1. The molecule has 1 N–H and O–H groups in total. The maximum Gasteiger partial charge on any atom is 0.500 e. The van der Waals surface area contributed by atoms with E-state index in [0.717, 1.165) is 0 Å². The van der Waals surface area contributed by atoms with Crippen molar-refractivity contribution in [3.05, 3.63) is 0 Å². The molecule has 0 spiro atoms. The van der Waals surface area contributed by atoms with Crippen molar-refractivity contribution in [1.82, 2.24) is 0 Å². The van der Waals surface area contributed by atoms with Gasteiger partial charge in [-0.1, -0.05) is 13.8 Å². The lowest BCUT2D eigenvalue weighted by Crippen LogP contribution is -2.44. The van der Waals surface area contributed by atoms with Gasteiger partial charge in [-0.15, -0.1) is 0 Å². The molecular formula is C24H44O10Si. The maximum absolute atomic E-state index is 13.4. The summed E-state index contributed by atoms with van der Waals surface area (Å²) < 4.78 is 27.0. The van der Waals surface area contributed by atoms with E-state index in [-0.39, 0.29) is 38.9 Å². The lowest BCUT2D eigenvalue weighted by molar-refractivity contribution is -0.165. The van der Waals surface area contributed by atoms with Crippen LogP contribution < -0.4 is 0 Å². The first-order valence-electron chi connectivity index (χ1n) is 11.9. The number of aldehydes is 1. The van der Waals surface area contributed by atoms with Gasteiger partial charge < -0.3 is 27.9 Å². The molecule has 0 amide bonds. The Morgan fingerprint density at radius 3 is 1.80 bits per heavy atom. The minimum atomic E-state index is -2.82. The highest BCUT2D eigenvalue weighted by atomic mass is 28.4. The molecule has 0 saturated carbocycles. The number of ether oxygens (including phenoxy) is 2. The van der Waals surface area contributed by atoms with Crippen LogP contribution in [0.5, 0.6) is 0 Å². The first-order chi connectivity index (χ1) is 16.2. The second kappa shape index (κ2) is 14.8. The third kappa shape index (κ3) is 9.72. The predicted octanol–water partition coefficient (Wildman–Crippen LogP) is 2.72. The van der Waals surface area contributed by atoms with Crippen LogP contribution in [0.4, 0.5) is 0 Å². The Hall–Kier alpha value is -1.66. The van der Waals surface area contributed by atoms with E-state index in [4.69, 9.17) is 27.9 Å². The van der Waals surface area contributed by atoms with Gasteiger partial charge in [-0.05, 0) is 46.5 Å². The van der Waals surface area contributed by atoms with Gasteiger partial charge in [0.25, 0.3) is 0 Å². The summed E-state index contributed by atoms with van der Waals surface area (Å²) in [6, 6.07) is 0.430. The number of aliphatic hydroxyl groups excluding tert-OH is 1. The van der Waals surface area contributed by atoms with Crippen molar-refractivity contribution in [3.63, 3.8) is 0 Å². The normalized spacial score (nSPS) is 15.6. The van der Waals surface area contributed by atoms with Gasteiger partial charge in [-0.3, -0.25) is 19.2 Å². The fourth-order valence-electron chi connectivity index (χ4n) is 4.25. The Bertz CT molecular complexity index is 698. The predicted molar refractivity (Wildman–Crippen MR) is 130 cm³/mol. The number of hydrogen-bond donors (Lipinski definition) is 1. The summed E-state index contributed by atoms with van der Waals surface area (Å²) in [5, 5.41) is 8.94. The quantitative estimate of drug-likeness (QED) is 0.0890. The highest BCUT2D eigenvalue weighted by molar-refractivity contribution is 6.60. The van der Waals surface area contributed by atoms with Crippen LogP contribution in [0.2, 0.25) is 6.04 Å². The van der Waals surface area contributed by atoms with Crippen molar-refractivity contribution < 1.29 is 47.0 Å². The van der Waals surface area contributed by atoms with Crippen LogP contribution in [-0.2, 0) is 41.9 Å². The molecular weight excluding hydrogens is 476 g/mol. The van der Waals surface area contributed by atoms with E-state index in [2.05, 4.69) is 0 Å². The fourth-order valence-corrected chi connectivity index (χ4v) is 5.94. The van der Waals surface area contributed by atoms with Crippen LogP contribution >= 0.6 is 0 Å². The largest absolute Gasteiger partial charge is 0.500 e. The molecule has 204 valence electrons. The topological polar surface area (TPSA) is 135 Å². The van der Waals surface area contributed by atoms with Gasteiger partial charge in [0.1, 0.15) is 0 Å². The van der Waals surface area contributed by atoms with Crippen LogP contribution in [0.3, 0.4) is 0 Å². The molecule has 35 heavy (non-hydrogen) atoms. The van der Waals surface area contributed by atoms with Gasteiger partial charge in [0, 0.05) is 45.8 Å². The van der Waals surface area contributed by atoms with Gasteiger partial charge in [0.05, 0.1) is 24.0 Å². The summed E-state index contributed by atoms with van der Waals surface area (Å²) in [6.45, 7) is 8.36. The van der Waals surface area contributed by atoms with Gasteiger partial charge in [0.2, 0.25) is 5.78 Å². The molecule has 10 nitrogen and oxygen atoms in total. The fraction of sp³-hybridized carbons (Fsp3) is 0.833. The van der Waals surface area contributed by atoms with E-state index in [1.165, 1.54) is 21.3 Å². The van der Waals surface area contributed by atoms with Crippen LogP contribution in [0.1, 0.15) is 66.7 Å². The minimum absolute atomic E-state index is 0.0210. The third-order valence-electron chi connectivity index (χ3n) is 6.47. The molecule has 0 aliphatic heterocycles. The molecule has 0 aliphatic carbocycles. The maximum atomic E-state index is 13.4. The summed E-state index contributed by atoms with van der Waals surface area (Å²) >= 11 is 0. The SMILES string of the molecule is CCC(C)(CC(C)(CC(C)(C)C(=O)OCCCO)C(=O)OCCC[Si](OC)(OC)OC)C(=O)C=O. The van der Waals surface area contributed by atoms with Crippen molar-refractivity contribution >= 4 is 32.8 Å². The zero-order chi connectivity index (χ0) is 27.3. The minimum Gasteiger partial charge on any atom is -0.465 e. The molecule has 0 bridgehead atoms. The van der Waals surface area contributed by atoms with Gasteiger partial charge in [-0.2, -0.15) is 0 Å². The molecule has 2 atom stereocenters. The number of carbonyl (C=O) groups is 4. The van der Waals surface area contributed by atoms with Crippen molar-refractivity contribution in [2.45, 2.75) is 72.8 Å². The van der Waals surface area contributed by atoms with Gasteiger partial charge >= 0.3 is 20.7 Å². The second-order valence-electron chi connectivity index (χ2n) is 9.94. The van der Waals surface area contributed by atoms with Crippen LogP contribution in [0.25, 0.3) is 0 Å². The number of Topliss-reactive ketones (excluding diaryl/α,β-unsaturated/α-hetero) is 1. The number of hydrogen-bond acceptors (Lipinski definition) is 10. The summed E-state index contributed by atoms with van der Waals surface area (Å²) in [7, 11) is 1.68. The Labute approximate surface area is 210 Å². The summed E-state index contributed by atoms with van der Waals surface area (Å²) in [6.07, 6.45) is 1.39. The van der Waals surface area contributed by atoms with E-state index in [1.807, 2.05) is 0 Å². The van der Waals surface area contributed by atoms with E-state index < -0.39 is 42.8 Å². The number of esters is 2. The average Bonchev–Trinajstić information content (AvgIpc) is 2.83. The molecule has 2 unspecified atom stereocenters. The van der Waals surface area contributed by atoms with Gasteiger partial charge in [0.15, 0.2) is 6.29 Å². The lowest BCUT2D eigenvalue weighted by Gasteiger charge is -2.39. The van der Waals surface area contributed by atoms with E-state index in [9.17, 15) is 19.2 Å². The Kier molecular flexibility index (Phi) is 14.1. The highest BCUT2D eigenvalue weighted by Crippen LogP contribution is 2.45. The summed E-state index contributed by atoms with van der Waals surface area (Å²) in [5.74, 6) is -1.72. The zero-order valence-electron chi connectivity index (χ0n) is 22.6. The van der Waals surface area contributed by atoms with Crippen molar-refractivity contribution in [2.75, 3.05) is 41.2 Å². The highest BCUT2D eigenvalue weighted by Gasteiger charge is 2.49. The van der Waals surface area contributed by atoms with Crippen molar-refractivity contribution in [2.24, 2.45) is 16.2 Å². The first kappa shape index (κ1) is 33.3. The van der Waals surface area contributed by atoms with Crippen LogP contribution in [0, 0.1) is 16.2 Å². The number of carbonyl (C=O) groups excluding carboxylic acids is 4. The molecule has 0 fully saturated rings. The molecule has 0 heterocycles. The average molecular weight is 521 g/mol. The molecule has 0 rings (SSSR count). The van der Waals surface area contributed by atoms with E-state index >= 15 is 0 Å². The van der Waals surface area contributed by atoms with Crippen LogP contribution in [-0.4, -0.2) is 79.1 Å². The Morgan fingerprint density at radius 2 is 1.34 bits per heavy atom. The van der Waals surface area contributed by atoms with Crippen molar-refractivity contribution in [1.29, 1.82) is 0 Å². The van der Waals surface area contributed by atoms with Crippen LogP contribution in [0.15, 0.2) is 0 Å². The van der Waals surface area contributed by atoms with E-state index in [1.54, 1.807) is 34.6 Å². The van der Waals surface area contributed by atoms with E-state index in [0.29, 0.717) is 25.3 Å². The Balaban J connectivity index is 5.74. The molecule has 0 aromatic rings. The van der Waals surface area contributed by atoms with Crippen molar-refractivity contribution in [3.8, 4) is 0 Å². The lowest BCUT2D eigenvalue weighted by atomic mass is 9.64. The zero-order valence-corrected chi connectivity index (χ0v) is 23.6. The number of ketones is 1. The smallest absolute Gasteiger partial charge is 0.465 e. The first-order valence-corrected chi connectivity index (χ1v) is 13.8. The number of rotatable bonds is 19. The molecule has 11 heteroatoms. The molecule has 0 aromatic carbocycles. The standard InChI is InChI=1S/C24H44O10Si/c1-9-23(4,19(27)16-26)18-24(5,17-22(2,3)20(28)33-13-10-12-25)21(29)34-14-11-15-35(30-6,31-7)32-8/h16,25H,9-15,17-18H2,1-8H3. The molecule has 0 aliphatic rings. The molecule has 0 radical (unpaired) electrons. The second-order valence-corrected chi connectivity index (χ2v) is 13.0. The summed E-state index contributed by atoms with van der Waals surface area (Å²) in [4.78, 5) is 49.8. The molecule has 0 saturated heterocycles. The monoisotopic (exact) mass is 520 g/mol. The molecule has 0 aromatic heterocycles. The van der Waals surface area contributed by atoms with Gasteiger partial charge in [-0.25, -0.2) is 0 Å².